The molecule has 0 saturated heterocycles. The summed E-state index contributed by atoms with van der Waals surface area (Å²) in [4.78, 5) is 0.126. The van der Waals surface area contributed by atoms with E-state index in [2.05, 4.69) is 6.58 Å². The van der Waals surface area contributed by atoms with Crippen LogP contribution in [-0.4, -0.2) is 38.5 Å². The minimum atomic E-state index is -3.59. The smallest absolute Gasteiger partial charge is 0.243 e. The van der Waals surface area contributed by atoms with E-state index in [-0.39, 0.29) is 18.0 Å². The Labute approximate surface area is 114 Å². The Bertz CT molecular complexity index is 566. The van der Waals surface area contributed by atoms with Gasteiger partial charge in [-0.25, -0.2) is 8.42 Å². The molecule has 1 rings (SSSR count). The summed E-state index contributed by atoms with van der Waals surface area (Å²) in [6.45, 7) is 5.43. The largest absolute Gasteiger partial charge is 0.496 e. The maximum Gasteiger partial charge on any atom is 0.243 e. The number of ether oxygens (including phenoxy) is 1. The third-order valence-corrected chi connectivity index (χ3v) is 4.42. The second-order valence-corrected chi connectivity index (χ2v) is 6.39. The van der Waals surface area contributed by atoms with Crippen LogP contribution in [0.5, 0.6) is 5.75 Å². The van der Waals surface area contributed by atoms with Crippen LogP contribution in [0.2, 0.25) is 0 Å². The van der Waals surface area contributed by atoms with Crippen LogP contribution in [0.4, 0.5) is 0 Å². The molecule has 0 aliphatic carbocycles. The molecule has 0 aliphatic rings. The molecule has 0 atom stereocenters. The summed E-state index contributed by atoms with van der Waals surface area (Å²) >= 11 is 0. The monoisotopic (exact) mass is 285 g/mol. The lowest BCUT2D eigenvalue weighted by molar-refractivity contribution is 0.273. The van der Waals surface area contributed by atoms with Gasteiger partial charge in [0, 0.05) is 19.2 Å². The van der Waals surface area contributed by atoms with E-state index in [1.54, 1.807) is 6.92 Å². The molecule has 106 valence electrons. The Kier molecular flexibility index (Phi) is 5.11. The second kappa shape index (κ2) is 6.18. The highest BCUT2D eigenvalue weighted by Crippen LogP contribution is 2.24. The highest BCUT2D eigenvalue weighted by Gasteiger charge is 2.21. The highest BCUT2D eigenvalue weighted by molar-refractivity contribution is 7.89. The van der Waals surface area contributed by atoms with E-state index in [0.717, 1.165) is 5.57 Å². The first kappa shape index (κ1) is 15.7. The van der Waals surface area contributed by atoms with Crippen LogP contribution in [0.15, 0.2) is 35.2 Å². The summed E-state index contributed by atoms with van der Waals surface area (Å²) < 4.78 is 30.9. The highest BCUT2D eigenvalue weighted by atomic mass is 32.2. The number of methoxy groups -OCH3 is 1. The number of nitrogens with zero attached hydrogens (tertiary/aromatic N) is 1. The molecule has 0 radical (unpaired) electrons. The van der Waals surface area contributed by atoms with Crippen molar-refractivity contribution < 1.29 is 18.3 Å². The van der Waals surface area contributed by atoms with Crippen molar-refractivity contribution in [2.75, 3.05) is 20.7 Å². The fourth-order valence-corrected chi connectivity index (χ4v) is 2.97. The van der Waals surface area contributed by atoms with Crippen LogP contribution < -0.4 is 4.74 Å². The minimum Gasteiger partial charge on any atom is -0.496 e. The van der Waals surface area contributed by atoms with E-state index in [1.165, 1.54) is 36.7 Å². The Hall–Kier alpha value is -1.37. The van der Waals surface area contributed by atoms with Crippen molar-refractivity contribution in [1.82, 2.24) is 4.31 Å². The molecule has 0 unspecified atom stereocenters. The van der Waals surface area contributed by atoms with Gasteiger partial charge in [-0.1, -0.05) is 12.2 Å². The van der Waals surface area contributed by atoms with Gasteiger partial charge in [0.1, 0.15) is 5.75 Å². The molecule has 0 heterocycles. The number of sulfonamides is 1. The Morgan fingerprint density at radius 1 is 1.47 bits per heavy atom. The number of rotatable bonds is 6. The molecular weight excluding hydrogens is 266 g/mol. The van der Waals surface area contributed by atoms with Crippen molar-refractivity contribution in [1.29, 1.82) is 0 Å². The number of benzene rings is 1. The van der Waals surface area contributed by atoms with Crippen molar-refractivity contribution in [3.8, 4) is 5.75 Å². The molecule has 19 heavy (non-hydrogen) atoms. The summed E-state index contributed by atoms with van der Waals surface area (Å²) in [6, 6.07) is 4.42. The van der Waals surface area contributed by atoms with Crippen LogP contribution in [0, 0.1) is 0 Å². The number of hydrogen-bond donors (Lipinski definition) is 1. The first-order valence-corrected chi connectivity index (χ1v) is 7.15. The van der Waals surface area contributed by atoms with Gasteiger partial charge in [0.2, 0.25) is 10.0 Å². The number of aliphatic hydroxyl groups excluding tert-OH is 1. The van der Waals surface area contributed by atoms with E-state index < -0.39 is 10.0 Å². The lowest BCUT2D eigenvalue weighted by Gasteiger charge is -2.18. The van der Waals surface area contributed by atoms with Crippen LogP contribution in [-0.2, 0) is 16.6 Å². The summed E-state index contributed by atoms with van der Waals surface area (Å²) in [5, 5.41) is 9.22. The zero-order chi connectivity index (χ0) is 14.6. The average molecular weight is 285 g/mol. The van der Waals surface area contributed by atoms with Gasteiger partial charge in [-0.2, -0.15) is 4.31 Å². The van der Waals surface area contributed by atoms with Gasteiger partial charge >= 0.3 is 0 Å². The zero-order valence-electron chi connectivity index (χ0n) is 11.4. The van der Waals surface area contributed by atoms with E-state index in [1.807, 2.05) is 0 Å². The molecule has 6 heteroatoms. The molecule has 1 N–H and O–H groups in total. The minimum absolute atomic E-state index is 0.126. The fourth-order valence-electron chi connectivity index (χ4n) is 1.68. The molecule has 0 bridgehead atoms. The van der Waals surface area contributed by atoms with Crippen LogP contribution in [0.3, 0.4) is 0 Å². The third kappa shape index (κ3) is 3.56. The summed E-state index contributed by atoms with van der Waals surface area (Å²) in [5.41, 5.74) is 1.19. The van der Waals surface area contributed by atoms with Gasteiger partial charge in [0.15, 0.2) is 0 Å². The van der Waals surface area contributed by atoms with Crippen LogP contribution in [0.25, 0.3) is 0 Å². The molecule has 5 nitrogen and oxygen atoms in total. The standard InChI is InChI=1S/C13H19NO4S/c1-10(2)8-14(3)19(16,17)12-5-6-13(18-4)11(7-12)9-15/h5-7,15H,1,8-9H2,2-4H3. The molecule has 0 aliphatic heterocycles. The molecule has 1 aromatic rings. The number of hydrogen-bond acceptors (Lipinski definition) is 4. The summed E-state index contributed by atoms with van der Waals surface area (Å²) in [7, 11) is -0.625. The molecule has 0 amide bonds. The van der Waals surface area contributed by atoms with E-state index >= 15 is 0 Å². The number of aliphatic hydroxyl groups is 1. The van der Waals surface area contributed by atoms with Gasteiger partial charge in [-0.3, -0.25) is 0 Å². The lowest BCUT2D eigenvalue weighted by atomic mass is 10.2. The Balaban J connectivity index is 3.18. The van der Waals surface area contributed by atoms with Crippen LogP contribution >= 0.6 is 0 Å². The lowest BCUT2D eigenvalue weighted by Crippen LogP contribution is -2.28. The van der Waals surface area contributed by atoms with Gasteiger partial charge < -0.3 is 9.84 Å². The van der Waals surface area contributed by atoms with Gasteiger partial charge in [-0.05, 0) is 25.1 Å². The quantitative estimate of drug-likeness (QED) is 0.802. The second-order valence-electron chi connectivity index (χ2n) is 4.35. The first-order chi connectivity index (χ1) is 8.82. The van der Waals surface area contributed by atoms with Crippen LogP contribution in [0.1, 0.15) is 12.5 Å². The summed E-state index contributed by atoms with van der Waals surface area (Å²) in [5.74, 6) is 0.462. The third-order valence-electron chi connectivity index (χ3n) is 2.62. The predicted molar refractivity (Wildman–Crippen MR) is 73.5 cm³/mol. The fraction of sp³-hybridized carbons (Fsp3) is 0.385. The zero-order valence-corrected chi connectivity index (χ0v) is 12.2. The van der Waals surface area contributed by atoms with Gasteiger partial charge in [0.05, 0.1) is 18.6 Å². The van der Waals surface area contributed by atoms with Crippen molar-refractivity contribution in [2.45, 2.75) is 18.4 Å². The van der Waals surface area contributed by atoms with Crippen molar-refractivity contribution in [2.24, 2.45) is 0 Å². The molecule has 0 saturated carbocycles. The molecule has 0 spiro atoms. The topological polar surface area (TPSA) is 66.8 Å². The SMILES string of the molecule is C=C(C)CN(C)S(=O)(=O)c1ccc(OC)c(CO)c1. The first-order valence-electron chi connectivity index (χ1n) is 5.71. The van der Waals surface area contributed by atoms with Crippen molar-refractivity contribution in [3.63, 3.8) is 0 Å². The summed E-state index contributed by atoms with van der Waals surface area (Å²) in [6.07, 6.45) is 0. The van der Waals surface area contributed by atoms with Crippen molar-refractivity contribution in [3.05, 3.63) is 35.9 Å². The van der Waals surface area contributed by atoms with Crippen molar-refractivity contribution >= 4 is 10.0 Å². The van der Waals surface area contributed by atoms with E-state index in [9.17, 15) is 13.5 Å². The maximum absolute atomic E-state index is 12.3. The molecule has 0 aromatic heterocycles. The molecular formula is C13H19NO4S. The molecule has 1 aromatic carbocycles. The van der Waals surface area contributed by atoms with E-state index in [4.69, 9.17) is 4.74 Å². The Morgan fingerprint density at radius 3 is 2.58 bits per heavy atom. The normalized spacial score (nSPS) is 11.6. The molecule has 0 fully saturated rings. The van der Waals surface area contributed by atoms with Gasteiger partial charge in [-0.15, -0.1) is 0 Å². The van der Waals surface area contributed by atoms with E-state index in [0.29, 0.717) is 11.3 Å². The van der Waals surface area contributed by atoms with Gasteiger partial charge in [0.25, 0.3) is 0 Å². The average Bonchev–Trinajstić information content (AvgIpc) is 2.36. The number of likely N-dealkylation sites (N-methyl/N-ethyl adjacent to an activating group) is 1. The predicted octanol–water partition coefficient (Wildman–Crippen LogP) is 1.38. The Morgan fingerprint density at radius 2 is 2.11 bits per heavy atom. The maximum atomic E-state index is 12.3.